The molecule has 0 unspecified atom stereocenters. The summed E-state index contributed by atoms with van der Waals surface area (Å²) in [6.45, 7) is 0. The molecule has 144 valence electrons. The third kappa shape index (κ3) is 3.79. The van der Waals surface area contributed by atoms with Crippen LogP contribution in [0.15, 0.2) is 46.1 Å². The van der Waals surface area contributed by atoms with E-state index < -0.39 is 41.4 Å². The zero-order chi connectivity index (χ0) is 19.6. The van der Waals surface area contributed by atoms with E-state index in [1.165, 1.54) is 23.9 Å². The molecule has 1 amide bonds. The van der Waals surface area contributed by atoms with Gasteiger partial charge in [-0.15, -0.1) is 0 Å². The number of aromatic nitrogens is 2. The molecule has 0 aliphatic heterocycles. The molecule has 4 N–H and O–H groups in total. The SMILES string of the molecule is COc1ccccc1C(=O)N[C@@H]1CC[C@@H](n2ccc(=O)[nH]c2=O)[C@@H](O)[C@@H]1O. The second-order valence-corrected chi connectivity index (χ2v) is 6.42. The Hall–Kier alpha value is -2.91. The second kappa shape index (κ2) is 7.77. The minimum Gasteiger partial charge on any atom is -0.496 e. The number of H-pyrrole nitrogens is 1. The van der Waals surface area contributed by atoms with Crippen LogP contribution in [0.1, 0.15) is 29.2 Å². The van der Waals surface area contributed by atoms with E-state index in [1.807, 2.05) is 0 Å². The number of para-hydroxylation sites is 1. The van der Waals surface area contributed by atoms with Gasteiger partial charge in [-0.05, 0) is 25.0 Å². The van der Waals surface area contributed by atoms with Crippen LogP contribution in [-0.4, -0.2) is 51.0 Å². The fraction of sp³-hybridized carbons (Fsp3) is 0.389. The number of benzene rings is 1. The maximum atomic E-state index is 12.5. The van der Waals surface area contributed by atoms with Crippen molar-refractivity contribution in [3.63, 3.8) is 0 Å². The van der Waals surface area contributed by atoms with Crippen molar-refractivity contribution in [1.29, 1.82) is 0 Å². The summed E-state index contributed by atoms with van der Waals surface area (Å²) >= 11 is 0. The van der Waals surface area contributed by atoms with E-state index in [0.29, 0.717) is 24.2 Å². The molecule has 1 aliphatic carbocycles. The predicted octanol–water partition coefficient (Wildman–Crippen LogP) is -0.599. The minimum atomic E-state index is -1.29. The molecule has 0 spiro atoms. The Labute approximate surface area is 154 Å². The highest BCUT2D eigenvalue weighted by molar-refractivity contribution is 5.97. The maximum absolute atomic E-state index is 12.5. The average molecular weight is 375 g/mol. The number of carbonyl (C=O) groups excluding carboxylic acids is 1. The number of nitrogens with one attached hydrogen (secondary N) is 2. The van der Waals surface area contributed by atoms with E-state index in [4.69, 9.17) is 4.74 Å². The Bertz CT molecular complexity index is 937. The van der Waals surface area contributed by atoms with Gasteiger partial charge in [-0.25, -0.2) is 4.79 Å². The van der Waals surface area contributed by atoms with Crippen molar-refractivity contribution in [3.05, 3.63) is 62.9 Å². The van der Waals surface area contributed by atoms with Crippen LogP contribution >= 0.6 is 0 Å². The Morgan fingerprint density at radius 2 is 1.93 bits per heavy atom. The molecule has 1 heterocycles. The van der Waals surface area contributed by atoms with Crippen molar-refractivity contribution >= 4 is 5.91 Å². The van der Waals surface area contributed by atoms with Gasteiger partial charge in [0.1, 0.15) is 18.0 Å². The molecule has 27 heavy (non-hydrogen) atoms. The van der Waals surface area contributed by atoms with E-state index in [1.54, 1.807) is 24.3 Å². The van der Waals surface area contributed by atoms with E-state index in [2.05, 4.69) is 10.3 Å². The normalized spacial score (nSPS) is 25.0. The molecule has 1 aliphatic rings. The fourth-order valence-electron chi connectivity index (χ4n) is 3.39. The molecule has 4 atom stereocenters. The third-order valence-corrected chi connectivity index (χ3v) is 4.81. The number of ether oxygens (including phenoxy) is 1. The molecule has 2 aromatic rings. The molecule has 0 radical (unpaired) electrons. The number of aliphatic hydroxyl groups is 2. The van der Waals surface area contributed by atoms with Crippen LogP contribution in [0.2, 0.25) is 0 Å². The monoisotopic (exact) mass is 375 g/mol. The van der Waals surface area contributed by atoms with Crippen LogP contribution < -0.4 is 21.3 Å². The van der Waals surface area contributed by atoms with Crippen LogP contribution in [0.5, 0.6) is 5.75 Å². The molecule has 1 saturated carbocycles. The average Bonchev–Trinajstić information content (AvgIpc) is 2.66. The second-order valence-electron chi connectivity index (χ2n) is 6.42. The van der Waals surface area contributed by atoms with Gasteiger partial charge in [0.15, 0.2) is 0 Å². The van der Waals surface area contributed by atoms with Gasteiger partial charge in [0.25, 0.3) is 11.5 Å². The lowest BCUT2D eigenvalue weighted by molar-refractivity contribution is -0.0570. The molecular weight excluding hydrogens is 354 g/mol. The van der Waals surface area contributed by atoms with Gasteiger partial charge in [0.05, 0.1) is 24.8 Å². The van der Waals surface area contributed by atoms with E-state index >= 15 is 0 Å². The van der Waals surface area contributed by atoms with Gasteiger partial charge in [0, 0.05) is 12.3 Å². The Balaban J connectivity index is 1.75. The van der Waals surface area contributed by atoms with Gasteiger partial charge in [-0.3, -0.25) is 19.1 Å². The number of methoxy groups -OCH3 is 1. The molecule has 3 rings (SSSR count). The van der Waals surface area contributed by atoms with Crippen molar-refractivity contribution in [3.8, 4) is 5.75 Å². The summed E-state index contributed by atoms with van der Waals surface area (Å²) in [6, 6.07) is 6.47. The quantitative estimate of drug-likeness (QED) is 0.564. The van der Waals surface area contributed by atoms with Crippen LogP contribution in [-0.2, 0) is 0 Å². The number of rotatable bonds is 4. The first kappa shape index (κ1) is 18.9. The zero-order valence-electron chi connectivity index (χ0n) is 14.7. The molecule has 1 aromatic heterocycles. The molecule has 1 aromatic carbocycles. The smallest absolute Gasteiger partial charge is 0.328 e. The van der Waals surface area contributed by atoms with Crippen LogP contribution in [0.3, 0.4) is 0 Å². The van der Waals surface area contributed by atoms with Crippen LogP contribution in [0.4, 0.5) is 0 Å². The predicted molar refractivity (Wildman–Crippen MR) is 95.9 cm³/mol. The standard InChI is InChI=1S/C18H21N3O6/c1-27-13-5-3-2-4-10(13)17(25)19-11-6-7-12(16(24)15(11)23)21-9-8-14(22)20-18(21)26/h2-5,8-9,11-12,15-16,23-24H,6-7H2,1H3,(H,19,25)(H,20,22,26)/t11-,12-,15-,16-/m1/s1. The van der Waals surface area contributed by atoms with E-state index in [-0.39, 0.29) is 0 Å². The first-order valence-corrected chi connectivity index (χ1v) is 8.54. The lowest BCUT2D eigenvalue weighted by Crippen LogP contribution is -2.55. The van der Waals surface area contributed by atoms with Crippen molar-refractivity contribution in [2.45, 2.75) is 37.1 Å². The number of carbonyl (C=O) groups is 1. The summed E-state index contributed by atoms with van der Waals surface area (Å²) in [5.74, 6) is -0.0260. The highest BCUT2D eigenvalue weighted by atomic mass is 16.5. The van der Waals surface area contributed by atoms with E-state index in [0.717, 1.165) is 0 Å². The summed E-state index contributed by atoms with van der Waals surface area (Å²) in [7, 11) is 1.46. The van der Waals surface area contributed by atoms with Gasteiger partial charge in [0.2, 0.25) is 0 Å². The van der Waals surface area contributed by atoms with Gasteiger partial charge >= 0.3 is 5.69 Å². The van der Waals surface area contributed by atoms with Gasteiger partial charge in [-0.1, -0.05) is 12.1 Å². The molecule has 1 fully saturated rings. The van der Waals surface area contributed by atoms with Crippen molar-refractivity contribution in [1.82, 2.24) is 14.9 Å². The summed E-state index contributed by atoms with van der Waals surface area (Å²) < 4.78 is 6.35. The fourth-order valence-corrected chi connectivity index (χ4v) is 3.39. The number of hydrogen-bond donors (Lipinski definition) is 4. The maximum Gasteiger partial charge on any atom is 0.328 e. The largest absolute Gasteiger partial charge is 0.496 e. The van der Waals surface area contributed by atoms with Crippen LogP contribution in [0, 0.1) is 0 Å². The summed E-state index contributed by atoms with van der Waals surface area (Å²) in [6.07, 6.45) is -0.599. The number of amides is 1. The van der Waals surface area contributed by atoms with Gasteiger partial charge in [-0.2, -0.15) is 0 Å². The zero-order valence-corrected chi connectivity index (χ0v) is 14.7. The topological polar surface area (TPSA) is 134 Å². The number of hydrogen-bond acceptors (Lipinski definition) is 6. The Morgan fingerprint density at radius 1 is 1.19 bits per heavy atom. The summed E-state index contributed by atoms with van der Waals surface area (Å²) in [5.41, 5.74) is -0.875. The number of aromatic amines is 1. The minimum absolute atomic E-state index is 0.320. The first-order valence-electron chi connectivity index (χ1n) is 8.54. The Kier molecular flexibility index (Phi) is 5.43. The Morgan fingerprint density at radius 3 is 2.63 bits per heavy atom. The number of aliphatic hydroxyl groups excluding tert-OH is 2. The lowest BCUT2D eigenvalue weighted by atomic mass is 9.85. The highest BCUT2D eigenvalue weighted by Gasteiger charge is 2.39. The molecule has 0 saturated heterocycles. The molecule has 0 bridgehead atoms. The lowest BCUT2D eigenvalue weighted by Gasteiger charge is -2.38. The third-order valence-electron chi connectivity index (χ3n) is 4.81. The summed E-state index contributed by atoms with van der Waals surface area (Å²) in [5, 5.41) is 23.6. The number of nitrogens with zero attached hydrogens (tertiary/aromatic N) is 1. The van der Waals surface area contributed by atoms with Crippen LogP contribution in [0.25, 0.3) is 0 Å². The summed E-state index contributed by atoms with van der Waals surface area (Å²) in [4.78, 5) is 37.8. The van der Waals surface area contributed by atoms with Crippen molar-refractivity contribution in [2.75, 3.05) is 7.11 Å². The molecular formula is C18H21N3O6. The van der Waals surface area contributed by atoms with E-state index in [9.17, 15) is 24.6 Å². The first-order chi connectivity index (χ1) is 12.9. The molecule has 9 nitrogen and oxygen atoms in total. The van der Waals surface area contributed by atoms with Gasteiger partial charge < -0.3 is 20.3 Å². The van der Waals surface area contributed by atoms with Crippen molar-refractivity contribution < 1.29 is 19.7 Å². The van der Waals surface area contributed by atoms with Crippen molar-refractivity contribution in [2.24, 2.45) is 0 Å². The molecule has 9 heteroatoms. The highest BCUT2D eigenvalue weighted by Crippen LogP contribution is 2.29.